The van der Waals surface area contributed by atoms with Gasteiger partial charge in [0.2, 0.25) is 13.9 Å². The van der Waals surface area contributed by atoms with E-state index in [2.05, 4.69) is 4.74 Å². The average molecular weight is 222 g/mol. The lowest BCUT2D eigenvalue weighted by Crippen LogP contribution is -2.21. The van der Waals surface area contributed by atoms with Crippen molar-refractivity contribution in [1.82, 2.24) is 0 Å². The third-order valence-corrected chi connectivity index (χ3v) is 2.88. The second kappa shape index (κ2) is 5.94. The molecule has 6 heteroatoms. The molecule has 0 rings (SSSR count). The number of hydrogen-bond acceptors (Lipinski definition) is 5. The standard InChI is InChI=1S/C8H15O5P/c1-5(2)13-14(11)8(6(3)9)12-7(4)10/h5,8,14H,1-4H3. The zero-order valence-corrected chi connectivity index (χ0v) is 9.70. The SMILES string of the molecule is CC(=O)OC(C(C)=O)[PH](=O)OC(C)C. The van der Waals surface area contributed by atoms with Gasteiger partial charge in [-0.15, -0.1) is 0 Å². The number of ketones is 1. The van der Waals surface area contributed by atoms with Crippen molar-refractivity contribution < 1.29 is 23.4 Å². The third kappa shape index (κ3) is 5.14. The smallest absolute Gasteiger partial charge is 0.303 e. The van der Waals surface area contributed by atoms with E-state index in [-0.39, 0.29) is 6.10 Å². The first-order valence-electron chi connectivity index (χ1n) is 4.22. The molecule has 0 aliphatic carbocycles. The highest BCUT2D eigenvalue weighted by Crippen LogP contribution is 2.32. The summed E-state index contributed by atoms with van der Waals surface area (Å²) in [4.78, 5) is 21.6. The van der Waals surface area contributed by atoms with Crippen molar-refractivity contribution in [1.29, 1.82) is 0 Å². The van der Waals surface area contributed by atoms with Gasteiger partial charge < -0.3 is 9.26 Å². The number of rotatable bonds is 5. The van der Waals surface area contributed by atoms with Gasteiger partial charge in [-0.05, 0) is 20.8 Å². The Kier molecular flexibility index (Phi) is 5.65. The summed E-state index contributed by atoms with van der Waals surface area (Å²) in [6.45, 7) is 5.74. The lowest BCUT2D eigenvalue weighted by atomic mass is 10.5. The number of Topliss-reactive ketones (excluding diaryl/α,β-unsaturated/α-hetero) is 1. The molecule has 0 saturated heterocycles. The molecule has 0 N–H and O–H groups in total. The van der Waals surface area contributed by atoms with Crippen LogP contribution in [0.3, 0.4) is 0 Å². The molecule has 0 aromatic heterocycles. The largest absolute Gasteiger partial charge is 0.444 e. The molecule has 0 aliphatic rings. The van der Waals surface area contributed by atoms with Crippen molar-refractivity contribution in [2.24, 2.45) is 0 Å². The van der Waals surface area contributed by atoms with Gasteiger partial charge in [-0.2, -0.15) is 0 Å². The van der Waals surface area contributed by atoms with Crippen molar-refractivity contribution in [2.75, 3.05) is 0 Å². The molecule has 0 spiro atoms. The first kappa shape index (κ1) is 13.3. The minimum Gasteiger partial charge on any atom is -0.444 e. The maximum Gasteiger partial charge on any atom is 0.303 e. The molecule has 0 bridgehead atoms. The lowest BCUT2D eigenvalue weighted by molar-refractivity contribution is -0.148. The van der Waals surface area contributed by atoms with Gasteiger partial charge in [0.25, 0.3) is 0 Å². The number of carbonyl (C=O) groups excluding carboxylic acids is 2. The Morgan fingerprint density at radius 1 is 1.21 bits per heavy atom. The average Bonchev–Trinajstić information content (AvgIpc) is 1.97. The predicted octanol–water partition coefficient (Wildman–Crippen LogP) is 1.36. The first-order valence-corrected chi connectivity index (χ1v) is 5.62. The monoisotopic (exact) mass is 222 g/mol. The van der Waals surface area contributed by atoms with E-state index in [4.69, 9.17) is 4.52 Å². The highest BCUT2D eigenvalue weighted by Gasteiger charge is 2.25. The molecule has 2 unspecified atom stereocenters. The van der Waals surface area contributed by atoms with E-state index < -0.39 is 25.6 Å². The summed E-state index contributed by atoms with van der Waals surface area (Å²) in [5.41, 5.74) is 0. The zero-order chi connectivity index (χ0) is 11.3. The van der Waals surface area contributed by atoms with Crippen LogP contribution in [0.4, 0.5) is 0 Å². The number of ether oxygens (including phenoxy) is 1. The van der Waals surface area contributed by atoms with E-state index in [1.54, 1.807) is 13.8 Å². The molecule has 0 aromatic carbocycles. The first-order chi connectivity index (χ1) is 6.34. The van der Waals surface area contributed by atoms with Crippen LogP contribution in [0.5, 0.6) is 0 Å². The summed E-state index contributed by atoms with van der Waals surface area (Å²) in [6.07, 6.45) is -0.265. The molecule has 5 nitrogen and oxygen atoms in total. The molecule has 0 aromatic rings. The van der Waals surface area contributed by atoms with Crippen LogP contribution in [0.15, 0.2) is 0 Å². The van der Waals surface area contributed by atoms with Gasteiger partial charge >= 0.3 is 5.97 Å². The van der Waals surface area contributed by atoms with Gasteiger partial charge in [0.15, 0.2) is 5.78 Å². The van der Waals surface area contributed by atoms with Crippen LogP contribution in [0.1, 0.15) is 27.7 Å². The normalized spacial score (nSPS) is 14.9. The van der Waals surface area contributed by atoms with E-state index in [1.165, 1.54) is 6.92 Å². The van der Waals surface area contributed by atoms with Crippen molar-refractivity contribution in [2.45, 2.75) is 39.6 Å². The Morgan fingerprint density at radius 3 is 2.00 bits per heavy atom. The maximum absolute atomic E-state index is 11.4. The molecule has 0 aliphatic heterocycles. The summed E-state index contributed by atoms with van der Waals surface area (Å²) in [5, 5.41) is 0. The van der Waals surface area contributed by atoms with Gasteiger partial charge in [0, 0.05) is 6.92 Å². The molecule has 0 fully saturated rings. The fraction of sp³-hybridized carbons (Fsp3) is 0.750. The number of carbonyl (C=O) groups is 2. The highest BCUT2D eigenvalue weighted by molar-refractivity contribution is 7.41. The molecule has 2 atom stereocenters. The zero-order valence-electron chi connectivity index (χ0n) is 8.70. The van der Waals surface area contributed by atoms with Crippen LogP contribution in [-0.2, 0) is 23.4 Å². The van der Waals surface area contributed by atoms with Crippen molar-refractivity contribution in [3.8, 4) is 0 Å². The minimum absolute atomic E-state index is 0.265. The van der Waals surface area contributed by atoms with Crippen molar-refractivity contribution in [3.05, 3.63) is 0 Å². The predicted molar refractivity (Wildman–Crippen MR) is 51.5 cm³/mol. The fourth-order valence-electron chi connectivity index (χ4n) is 0.757. The Hall–Kier alpha value is -0.670. The lowest BCUT2D eigenvalue weighted by Gasteiger charge is -2.15. The third-order valence-electron chi connectivity index (χ3n) is 1.22. The van der Waals surface area contributed by atoms with Crippen molar-refractivity contribution >= 4 is 19.8 Å². The minimum atomic E-state index is -2.66. The van der Waals surface area contributed by atoms with Crippen LogP contribution in [0.2, 0.25) is 0 Å². The molecule has 0 saturated carbocycles. The molecule has 0 radical (unpaired) electrons. The van der Waals surface area contributed by atoms with Crippen LogP contribution < -0.4 is 0 Å². The van der Waals surface area contributed by atoms with Gasteiger partial charge in [0.1, 0.15) is 0 Å². The molecule has 14 heavy (non-hydrogen) atoms. The van der Waals surface area contributed by atoms with E-state index in [0.29, 0.717) is 0 Å². The van der Waals surface area contributed by atoms with E-state index >= 15 is 0 Å². The van der Waals surface area contributed by atoms with E-state index in [1.807, 2.05) is 0 Å². The maximum atomic E-state index is 11.4. The molecule has 0 heterocycles. The van der Waals surface area contributed by atoms with Gasteiger partial charge in [-0.1, -0.05) is 0 Å². The summed E-state index contributed by atoms with van der Waals surface area (Å²) >= 11 is 0. The molecule has 0 amide bonds. The van der Waals surface area contributed by atoms with Gasteiger partial charge in [0.05, 0.1) is 6.10 Å². The van der Waals surface area contributed by atoms with Crippen LogP contribution >= 0.6 is 8.03 Å². The molecular formula is C8H15O5P. The fourth-order valence-corrected chi connectivity index (χ4v) is 1.94. The summed E-state index contributed by atoms with van der Waals surface area (Å²) in [7, 11) is -2.66. The Balaban J connectivity index is 4.41. The second-order valence-electron chi connectivity index (χ2n) is 3.09. The Bertz CT molecular complexity index is 248. The Labute approximate surface area is 83.6 Å². The molecular weight excluding hydrogens is 207 g/mol. The Morgan fingerprint density at radius 2 is 1.71 bits per heavy atom. The summed E-state index contributed by atoms with van der Waals surface area (Å²) < 4.78 is 20.9. The van der Waals surface area contributed by atoms with Crippen LogP contribution in [0, 0.1) is 0 Å². The van der Waals surface area contributed by atoms with Crippen LogP contribution in [0.25, 0.3) is 0 Å². The van der Waals surface area contributed by atoms with Gasteiger partial charge in [-0.3, -0.25) is 14.2 Å². The molecule has 82 valence electrons. The topological polar surface area (TPSA) is 69.7 Å². The van der Waals surface area contributed by atoms with E-state index in [9.17, 15) is 14.2 Å². The van der Waals surface area contributed by atoms with Crippen molar-refractivity contribution in [3.63, 3.8) is 0 Å². The van der Waals surface area contributed by atoms with E-state index in [0.717, 1.165) is 6.92 Å². The number of hydrogen-bond donors (Lipinski definition) is 0. The second-order valence-corrected chi connectivity index (χ2v) is 4.48. The van der Waals surface area contributed by atoms with Crippen LogP contribution in [-0.4, -0.2) is 23.7 Å². The number of esters is 1. The summed E-state index contributed by atoms with van der Waals surface area (Å²) in [6, 6.07) is 0. The highest BCUT2D eigenvalue weighted by atomic mass is 31.1. The summed E-state index contributed by atoms with van der Waals surface area (Å²) in [5.74, 6) is -2.36. The van der Waals surface area contributed by atoms with Gasteiger partial charge in [-0.25, -0.2) is 0 Å². The quantitative estimate of drug-likeness (QED) is 0.519.